The third kappa shape index (κ3) is 1.43. The monoisotopic (exact) mass is 227 g/mol. The van der Waals surface area contributed by atoms with Crippen LogP contribution in [0.2, 0.25) is 0 Å². The quantitative estimate of drug-likeness (QED) is 0.751. The molecule has 0 bridgehead atoms. The van der Waals surface area contributed by atoms with Crippen molar-refractivity contribution in [1.82, 2.24) is 9.55 Å². The van der Waals surface area contributed by atoms with Crippen LogP contribution in [-0.4, -0.2) is 9.55 Å². The van der Waals surface area contributed by atoms with E-state index in [2.05, 4.69) is 4.98 Å². The molecule has 4 heteroatoms. The first-order valence-corrected chi connectivity index (χ1v) is 5.54. The number of hydrogen-bond donors (Lipinski definition) is 0. The molecule has 0 unspecified atom stereocenters. The minimum atomic E-state index is -0.377. The lowest BCUT2D eigenvalue weighted by molar-refractivity contribution is 0.630. The number of halogens is 1. The van der Waals surface area contributed by atoms with Gasteiger partial charge in [-0.15, -0.1) is 0 Å². The summed E-state index contributed by atoms with van der Waals surface area (Å²) in [4.78, 5) is 4.25. The fourth-order valence-corrected chi connectivity index (χ4v) is 2.35. The predicted molar refractivity (Wildman–Crippen MR) is 60.7 cm³/mol. The average molecular weight is 227 g/mol. The molecule has 0 N–H and O–H groups in total. The van der Waals surface area contributed by atoms with Crippen LogP contribution < -0.4 is 0 Å². The van der Waals surface area contributed by atoms with Gasteiger partial charge in [-0.25, -0.2) is 9.37 Å². The van der Waals surface area contributed by atoms with Crippen LogP contribution in [0.1, 0.15) is 17.7 Å². The van der Waals surface area contributed by atoms with Crippen LogP contribution in [0.25, 0.3) is 11.3 Å². The van der Waals surface area contributed by atoms with Gasteiger partial charge in [-0.05, 0) is 25.0 Å². The smallest absolute Gasteiger partial charge is 0.134 e. The molecule has 1 aromatic heterocycles. The molecule has 0 radical (unpaired) electrons. The van der Waals surface area contributed by atoms with E-state index in [-0.39, 0.29) is 5.82 Å². The third-order valence-electron chi connectivity index (χ3n) is 3.13. The maximum absolute atomic E-state index is 13.9. The summed E-state index contributed by atoms with van der Waals surface area (Å²) in [6.07, 6.45) is 3.68. The summed E-state index contributed by atoms with van der Waals surface area (Å²) >= 11 is 0. The zero-order valence-corrected chi connectivity index (χ0v) is 9.15. The van der Waals surface area contributed by atoms with Gasteiger partial charge in [0, 0.05) is 12.2 Å². The first kappa shape index (κ1) is 10.0. The molecule has 0 aliphatic carbocycles. The topological polar surface area (TPSA) is 41.6 Å². The van der Waals surface area contributed by atoms with E-state index in [0.29, 0.717) is 16.8 Å². The highest BCUT2D eigenvalue weighted by Gasteiger charge is 2.21. The molecule has 2 aromatic rings. The first-order valence-electron chi connectivity index (χ1n) is 5.54. The van der Waals surface area contributed by atoms with E-state index in [1.165, 1.54) is 6.07 Å². The van der Waals surface area contributed by atoms with E-state index in [9.17, 15) is 4.39 Å². The van der Waals surface area contributed by atoms with Crippen molar-refractivity contribution in [1.29, 1.82) is 5.26 Å². The Balaban J connectivity index is 2.26. The molecule has 1 aliphatic rings. The molecule has 1 aromatic carbocycles. The summed E-state index contributed by atoms with van der Waals surface area (Å²) in [6.45, 7) is 0.929. The van der Waals surface area contributed by atoms with Gasteiger partial charge in [0.25, 0.3) is 0 Å². The van der Waals surface area contributed by atoms with Crippen molar-refractivity contribution in [3.63, 3.8) is 0 Å². The van der Waals surface area contributed by atoms with Crippen molar-refractivity contribution < 1.29 is 4.39 Å². The molecule has 0 saturated carbocycles. The van der Waals surface area contributed by atoms with Crippen molar-refractivity contribution in [3.8, 4) is 17.3 Å². The third-order valence-corrected chi connectivity index (χ3v) is 3.13. The highest BCUT2D eigenvalue weighted by Crippen LogP contribution is 2.31. The summed E-state index contributed by atoms with van der Waals surface area (Å²) in [5, 5.41) is 9.04. The number of aromatic nitrogens is 2. The van der Waals surface area contributed by atoms with Crippen molar-refractivity contribution in [3.05, 3.63) is 41.6 Å². The first-order chi connectivity index (χ1) is 8.31. The molecule has 3 nitrogen and oxygen atoms in total. The van der Waals surface area contributed by atoms with Gasteiger partial charge in [-0.1, -0.05) is 6.07 Å². The van der Waals surface area contributed by atoms with Gasteiger partial charge >= 0.3 is 0 Å². The van der Waals surface area contributed by atoms with Crippen molar-refractivity contribution in [2.45, 2.75) is 19.4 Å². The summed E-state index contributed by atoms with van der Waals surface area (Å²) in [7, 11) is 0. The Labute approximate surface area is 98.1 Å². The van der Waals surface area contributed by atoms with Gasteiger partial charge in [-0.2, -0.15) is 5.26 Å². The van der Waals surface area contributed by atoms with Crippen LogP contribution in [0.15, 0.2) is 24.5 Å². The normalized spacial score (nSPS) is 13.4. The Morgan fingerprint density at radius 1 is 1.41 bits per heavy atom. The van der Waals surface area contributed by atoms with Crippen LogP contribution in [-0.2, 0) is 13.0 Å². The lowest BCUT2D eigenvalue weighted by Crippen LogP contribution is -1.94. The molecule has 0 fully saturated rings. The van der Waals surface area contributed by atoms with Gasteiger partial charge in [0.15, 0.2) is 0 Å². The number of nitriles is 1. The van der Waals surface area contributed by atoms with Crippen LogP contribution in [0.4, 0.5) is 4.39 Å². The number of imidazole rings is 1. The van der Waals surface area contributed by atoms with Crippen LogP contribution in [0.5, 0.6) is 0 Å². The summed E-state index contributed by atoms with van der Waals surface area (Å²) < 4.78 is 15.9. The van der Waals surface area contributed by atoms with Gasteiger partial charge < -0.3 is 4.57 Å². The number of nitrogens with zero attached hydrogens (tertiary/aromatic N) is 3. The summed E-state index contributed by atoms with van der Waals surface area (Å²) in [5.74, 6) is -0.377. The molecule has 1 aliphatic heterocycles. The van der Waals surface area contributed by atoms with Crippen molar-refractivity contribution in [2.24, 2.45) is 0 Å². The van der Waals surface area contributed by atoms with Crippen molar-refractivity contribution >= 4 is 0 Å². The van der Waals surface area contributed by atoms with Gasteiger partial charge in [0.05, 0.1) is 29.2 Å². The molecule has 2 heterocycles. The van der Waals surface area contributed by atoms with Crippen LogP contribution in [0.3, 0.4) is 0 Å². The maximum atomic E-state index is 13.9. The fourth-order valence-electron chi connectivity index (χ4n) is 2.35. The van der Waals surface area contributed by atoms with Gasteiger partial charge in [0.2, 0.25) is 0 Å². The van der Waals surface area contributed by atoms with E-state index < -0.39 is 0 Å². The molecule has 0 saturated heterocycles. The second-order valence-corrected chi connectivity index (χ2v) is 4.11. The number of fused-ring (bicyclic) bond motifs is 1. The molecule has 3 rings (SSSR count). The maximum Gasteiger partial charge on any atom is 0.134 e. The number of rotatable bonds is 1. The van der Waals surface area contributed by atoms with E-state index in [4.69, 9.17) is 5.26 Å². The Morgan fingerprint density at radius 3 is 3.12 bits per heavy atom. The lowest BCUT2D eigenvalue weighted by atomic mass is 10.0. The number of hydrogen-bond acceptors (Lipinski definition) is 2. The van der Waals surface area contributed by atoms with Crippen molar-refractivity contribution in [2.75, 3.05) is 0 Å². The molecule has 0 spiro atoms. The molecule has 0 amide bonds. The molecule has 0 atom stereocenters. The highest BCUT2D eigenvalue weighted by atomic mass is 19.1. The van der Waals surface area contributed by atoms with Crippen LogP contribution >= 0.6 is 0 Å². The SMILES string of the molecule is N#Cc1cccc(F)c1-c1ncn2c1CCC2. The molecule has 17 heavy (non-hydrogen) atoms. The highest BCUT2D eigenvalue weighted by molar-refractivity contribution is 5.70. The van der Waals surface area contributed by atoms with E-state index in [1.807, 2.05) is 10.6 Å². The Kier molecular flexibility index (Phi) is 2.19. The zero-order chi connectivity index (χ0) is 11.8. The van der Waals surface area contributed by atoms with Gasteiger partial charge in [-0.3, -0.25) is 0 Å². The minimum Gasteiger partial charge on any atom is -0.334 e. The zero-order valence-electron chi connectivity index (χ0n) is 9.15. The standard InChI is InChI=1S/C13H10FN3/c14-10-4-1-3-9(7-15)12(10)13-11-5-2-6-17(11)8-16-13/h1,3-4,8H,2,5-6H2. The second kappa shape index (κ2) is 3.70. The summed E-state index contributed by atoms with van der Waals surface area (Å²) in [5.41, 5.74) is 2.34. The lowest BCUT2D eigenvalue weighted by Gasteiger charge is -2.04. The summed E-state index contributed by atoms with van der Waals surface area (Å²) in [6, 6.07) is 6.57. The molecular weight excluding hydrogens is 217 g/mol. The minimum absolute atomic E-state index is 0.339. The average Bonchev–Trinajstić information content (AvgIpc) is 2.91. The Bertz CT molecular complexity index is 622. The van der Waals surface area contributed by atoms with Crippen LogP contribution in [0, 0.1) is 17.1 Å². The van der Waals surface area contributed by atoms with Gasteiger partial charge in [0.1, 0.15) is 5.82 Å². The number of aryl methyl sites for hydroxylation is 1. The van der Waals surface area contributed by atoms with E-state index >= 15 is 0 Å². The predicted octanol–water partition coefficient (Wildman–Crippen LogP) is 2.51. The van der Waals surface area contributed by atoms with E-state index in [0.717, 1.165) is 25.1 Å². The second-order valence-electron chi connectivity index (χ2n) is 4.11. The molecular formula is C13H10FN3. The number of benzene rings is 1. The molecule has 84 valence electrons. The van der Waals surface area contributed by atoms with E-state index in [1.54, 1.807) is 18.5 Å². The Morgan fingerprint density at radius 2 is 2.29 bits per heavy atom. The fraction of sp³-hybridized carbons (Fsp3) is 0.231. The largest absolute Gasteiger partial charge is 0.334 e. The Hall–Kier alpha value is -2.15.